The summed E-state index contributed by atoms with van der Waals surface area (Å²) in [6.45, 7) is 5.51. The normalized spacial score (nSPS) is 10.7. The molecule has 0 aliphatic heterocycles. The third-order valence-corrected chi connectivity index (χ3v) is 2.35. The van der Waals surface area contributed by atoms with Crippen LogP contribution in [-0.4, -0.2) is 35.5 Å². The minimum atomic E-state index is 0.277. The fraction of sp³-hybridized carbons (Fsp3) is 0.600. The average Bonchev–Trinajstić information content (AvgIpc) is 2.24. The Hall–Kier alpha value is -0.810. The second-order valence-electron chi connectivity index (χ2n) is 3.29. The van der Waals surface area contributed by atoms with Crippen LogP contribution in [0.4, 0.5) is 5.82 Å². The lowest BCUT2D eigenvalue weighted by molar-refractivity contribution is 0.0870. The van der Waals surface area contributed by atoms with Crippen LogP contribution in [0.15, 0.2) is 17.4 Å². The Morgan fingerprint density at radius 2 is 2.27 bits per heavy atom. The Labute approximate surface area is 94.8 Å². The Morgan fingerprint density at radius 3 is 2.93 bits per heavy atom. The van der Waals surface area contributed by atoms with E-state index >= 15 is 0 Å². The Balaban J connectivity index is 2.30. The van der Waals surface area contributed by atoms with Crippen LogP contribution in [-0.2, 0) is 4.74 Å². The number of rotatable bonds is 6. The van der Waals surface area contributed by atoms with Crippen LogP contribution in [0, 0.1) is 0 Å². The van der Waals surface area contributed by atoms with Gasteiger partial charge in [0.05, 0.1) is 12.7 Å². The smallest absolute Gasteiger partial charge is 0.130 e. The van der Waals surface area contributed by atoms with Gasteiger partial charge in [-0.3, -0.25) is 0 Å². The highest BCUT2D eigenvalue weighted by Gasteiger charge is 1.97. The zero-order valence-electron chi connectivity index (χ0n) is 9.36. The van der Waals surface area contributed by atoms with Gasteiger partial charge >= 0.3 is 0 Å². The lowest BCUT2D eigenvalue weighted by Gasteiger charge is -2.09. The first-order valence-electron chi connectivity index (χ1n) is 4.94. The summed E-state index contributed by atoms with van der Waals surface area (Å²) < 4.78 is 5.41. The van der Waals surface area contributed by atoms with Gasteiger partial charge in [0.15, 0.2) is 0 Å². The van der Waals surface area contributed by atoms with Crippen molar-refractivity contribution in [2.24, 2.45) is 0 Å². The van der Waals surface area contributed by atoms with Crippen LogP contribution in [0.3, 0.4) is 0 Å². The van der Waals surface area contributed by atoms with E-state index in [9.17, 15) is 0 Å². The molecule has 0 aliphatic carbocycles. The van der Waals surface area contributed by atoms with Crippen LogP contribution in [0.5, 0.6) is 0 Å². The minimum Gasteiger partial charge on any atom is -0.377 e. The van der Waals surface area contributed by atoms with E-state index in [-0.39, 0.29) is 6.10 Å². The zero-order chi connectivity index (χ0) is 11.1. The van der Waals surface area contributed by atoms with E-state index in [1.807, 2.05) is 26.2 Å². The molecule has 5 heteroatoms. The van der Waals surface area contributed by atoms with Gasteiger partial charge in [0.25, 0.3) is 0 Å². The highest BCUT2D eigenvalue weighted by molar-refractivity contribution is 7.98. The van der Waals surface area contributed by atoms with Crippen LogP contribution in [0.25, 0.3) is 0 Å². The summed E-state index contributed by atoms with van der Waals surface area (Å²) >= 11 is 1.60. The maximum Gasteiger partial charge on any atom is 0.130 e. The maximum atomic E-state index is 5.41. The van der Waals surface area contributed by atoms with Gasteiger partial charge in [-0.1, -0.05) is 0 Å². The van der Waals surface area contributed by atoms with Crippen molar-refractivity contribution in [2.75, 3.05) is 24.7 Å². The summed E-state index contributed by atoms with van der Waals surface area (Å²) in [6.07, 6.45) is 3.84. The molecule has 0 saturated carbocycles. The van der Waals surface area contributed by atoms with Crippen molar-refractivity contribution in [3.05, 3.63) is 12.4 Å². The van der Waals surface area contributed by atoms with Gasteiger partial charge in [-0.15, -0.1) is 11.8 Å². The van der Waals surface area contributed by atoms with Gasteiger partial charge in [-0.05, 0) is 20.1 Å². The lowest BCUT2D eigenvalue weighted by atomic mass is 10.5. The van der Waals surface area contributed by atoms with Crippen LogP contribution in [0.1, 0.15) is 13.8 Å². The van der Waals surface area contributed by atoms with E-state index in [1.165, 1.54) is 0 Å². The molecule has 0 aliphatic rings. The predicted octanol–water partition coefficient (Wildman–Crippen LogP) is 2.04. The largest absolute Gasteiger partial charge is 0.377 e. The topological polar surface area (TPSA) is 47.0 Å². The van der Waals surface area contributed by atoms with Crippen LogP contribution >= 0.6 is 11.8 Å². The molecule has 1 heterocycles. The average molecular weight is 227 g/mol. The molecule has 0 saturated heterocycles. The molecule has 0 aromatic carbocycles. The second kappa shape index (κ2) is 6.63. The highest BCUT2D eigenvalue weighted by atomic mass is 32.2. The monoisotopic (exact) mass is 227 g/mol. The van der Waals surface area contributed by atoms with E-state index in [0.29, 0.717) is 6.61 Å². The molecule has 0 atom stereocenters. The summed E-state index contributed by atoms with van der Waals surface area (Å²) in [7, 11) is 0. The molecule has 0 fully saturated rings. The maximum absolute atomic E-state index is 5.41. The van der Waals surface area contributed by atoms with Crippen LogP contribution in [0.2, 0.25) is 0 Å². The van der Waals surface area contributed by atoms with Crippen molar-refractivity contribution in [1.82, 2.24) is 9.97 Å². The minimum absolute atomic E-state index is 0.277. The summed E-state index contributed by atoms with van der Waals surface area (Å²) in [5.41, 5.74) is 0. The highest BCUT2D eigenvalue weighted by Crippen LogP contribution is 2.13. The van der Waals surface area contributed by atoms with Gasteiger partial charge in [0.2, 0.25) is 0 Å². The quantitative estimate of drug-likeness (QED) is 0.458. The summed E-state index contributed by atoms with van der Waals surface area (Å²) in [5.74, 6) is 0.849. The van der Waals surface area contributed by atoms with E-state index < -0.39 is 0 Å². The number of aromatic nitrogens is 2. The Kier molecular flexibility index (Phi) is 5.42. The molecule has 1 aromatic heterocycles. The summed E-state index contributed by atoms with van der Waals surface area (Å²) in [6, 6.07) is 1.93. The lowest BCUT2D eigenvalue weighted by Crippen LogP contribution is -2.13. The van der Waals surface area contributed by atoms with E-state index in [2.05, 4.69) is 15.3 Å². The second-order valence-corrected chi connectivity index (χ2v) is 4.12. The van der Waals surface area contributed by atoms with Gasteiger partial charge in [0.1, 0.15) is 17.2 Å². The molecule has 0 amide bonds. The number of nitrogens with zero attached hydrogens (tertiary/aromatic N) is 2. The first-order chi connectivity index (χ1) is 7.22. The van der Waals surface area contributed by atoms with Crippen molar-refractivity contribution in [3.8, 4) is 0 Å². The molecular formula is C10H17N3OS. The molecule has 15 heavy (non-hydrogen) atoms. The third-order valence-electron chi connectivity index (χ3n) is 1.71. The van der Waals surface area contributed by atoms with Gasteiger partial charge in [-0.2, -0.15) is 0 Å². The molecular weight excluding hydrogens is 210 g/mol. The van der Waals surface area contributed by atoms with Gasteiger partial charge in [-0.25, -0.2) is 9.97 Å². The zero-order valence-corrected chi connectivity index (χ0v) is 10.2. The van der Waals surface area contributed by atoms with Crippen molar-refractivity contribution in [1.29, 1.82) is 0 Å². The number of anilines is 1. The number of hydrogen-bond donors (Lipinski definition) is 1. The molecule has 0 spiro atoms. The van der Waals surface area contributed by atoms with Crippen molar-refractivity contribution in [3.63, 3.8) is 0 Å². The molecule has 0 radical (unpaired) electrons. The Bertz CT molecular complexity index is 294. The van der Waals surface area contributed by atoms with Crippen molar-refractivity contribution >= 4 is 17.6 Å². The number of nitrogens with one attached hydrogen (secondary N) is 1. The van der Waals surface area contributed by atoms with Gasteiger partial charge < -0.3 is 10.1 Å². The van der Waals surface area contributed by atoms with Gasteiger partial charge in [0, 0.05) is 12.6 Å². The SMILES string of the molecule is CSc1cc(NCCOC(C)C)ncn1. The summed E-state index contributed by atoms with van der Waals surface area (Å²) in [4.78, 5) is 8.21. The Morgan fingerprint density at radius 1 is 1.47 bits per heavy atom. The molecule has 4 nitrogen and oxygen atoms in total. The third kappa shape index (κ3) is 4.99. The molecule has 1 N–H and O–H groups in total. The molecule has 84 valence electrons. The molecule has 1 rings (SSSR count). The first-order valence-corrected chi connectivity index (χ1v) is 6.16. The fourth-order valence-corrected chi connectivity index (χ4v) is 1.40. The van der Waals surface area contributed by atoms with Crippen molar-refractivity contribution < 1.29 is 4.74 Å². The first kappa shape index (κ1) is 12.3. The van der Waals surface area contributed by atoms with Crippen LogP contribution < -0.4 is 5.32 Å². The van der Waals surface area contributed by atoms with E-state index in [0.717, 1.165) is 17.4 Å². The molecule has 0 unspecified atom stereocenters. The number of hydrogen-bond acceptors (Lipinski definition) is 5. The van der Waals surface area contributed by atoms with E-state index in [4.69, 9.17) is 4.74 Å². The number of ether oxygens (including phenoxy) is 1. The summed E-state index contributed by atoms with van der Waals surface area (Å²) in [5, 5.41) is 4.15. The fourth-order valence-electron chi connectivity index (χ4n) is 1.02. The molecule has 1 aromatic rings. The molecule has 0 bridgehead atoms. The number of thioether (sulfide) groups is 1. The van der Waals surface area contributed by atoms with E-state index in [1.54, 1.807) is 18.1 Å². The predicted molar refractivity (Wildman–Crippen MR) is 63.4 cm³/mol. The van der Waals surface area contributed by atoms with Crippen molar-refractivity contribution in [2.45, 2.75) is 25.0 Å². The standard InChI is InChI=1S/C10H17N3OS/c1-8(2)14-5-4-11-9-6-10(15-3)13-7-12-9/h6-8H,4-5H2,1-3H3,(H,11,12,13).